The summed E-state index contributed by atoms with van der Waals surface area (Å²) < 4.78 is 12.9. The summed E-state index contributed by atoms with van der Waals surface area (Å²) >= 11 is 0. The summed E-state index contributed by atoms with van der Waals surface area (Å²) in [7, 11) is 0. The number of nitrogens with zero attached hydrogens (tertiary/aromatic N) is 1. The van der Waals surface area contributed by atoms with Crippen molar-refractivity contribution in [1.82, 2.24) is 4.90 Å². The number of nitrogens with two attached hydrogens (primary N) is 1. The molecule has 2 fully saturated rings. The van der Waals surface area contributed by atoms with Crippen molar-refractivity contribution in [1.29, 1.82) is 0 Å². The van der Waals surface area contributed by atoms with E-state index in [0.717, 1.165) is 44.3 Å². The molecule has 3 rings (SSSR count). The first-order chi connectivity index (χ1) is 10.1. The summed E-state index contributed by atoms with van der Waals surface area (Å²) in [6, 6.07) is 7.01. The minimum absolute atomic E-state index is 0.124. The van der Waals surface area contributed by atoms with Crippen molar-refractivity contribution < 1.29 is 9.18 Å². The molecule has 0 radical (unpaired) electrons. The molecule has 2 N–H and O–H groups in total. The summed E-state index contributed by atoms with van der Waals surface area (Å²) in [5.41, 5.74) is 6.52. The van der Waals surface area contributed by atoms with E-state index in [1.807, 2.05) is 12.1 Å². The van der Waals surface area contributed by atoms with Gasteiger partial charge in [-0.3, -0.25) is 9.69 Å². The number of likely N-dealkylation sites (tertiary alicyclic amines) is 1. The van der Waals surface area contributed by atoms with E-state index < -0.39 is 0 Å². The summed E-state index contributed by atoms with van der Waals surface area (Å²) in [5, 5.41) is 0. The largest absolute Gasteiger partial charge is 0.369 e. The molecule has 0 spiro atoms. The van der Waals surface area contributed by atoms with Crippen LogP contribution in [-0.2, 0) is 11.2 Å². The lowest BCUT2D eigenvalue weighted by Gasteiger charge is -2.39. The monoisotopic (exact) mass is 290 g/mol. The minimum atomic E-state index is -0.261. The van der Waals surface area contributed by atoms with E-state index in [1.54, 1.807) is 0 Å². The number of primary amides is 1. The number of piperidine rings is 1. The predicted molar refractivity (Wildman–Crippen MR) is 80.2 cm³/mol. The molecule has 1 saturated heterocycles. The van der Waals surface area contributed by atoms with Gasteiger partial charge in [0.15, 0.2) is 0 Å². The van der Waals surface area contributed by atoms with E-state index >= 15 is 0 Å². The number of carbonyl (C=O) groups excluding carboxylic acids is 1. The van der Waals surface area contributed by atoms with Crippen LogP contribution in [0, 0.1) is 11.2 Å². The highest BCUT2D eigenvalue weighted by Gasteiger charge is 2.56. The number of hydrogen-bond acceptors (Lipinski definition) is 2. The second-order valence-electron chi connectivity index (χ2n) is 6.44. The Morgan fingerprint density at radius 3 is 2.62 bits per heavy atom. The molecule has 1 aliphatic carbocycles. The molecular formula is C17H23FN2O. The highest BCUT2D eigenvalue weighted by Crippen LogP contribution is 2.52. The molecule has 1 saturated carbocycles. The fraction of sp³-hybridized carbons (Fsp3) is 0.588. The van der Waals surface area contributed by atoms with Crippen molar-refractivity contribution in [2.75, 3.05) is 13.1 Å². The van der Waals surface area contributed by atoms with Crippen molar-refractivity contribution in [3.63, 3.8) is 0 Å². The third-order valence-corrected chi connectivity index (χ3v) is 5.13. The lowest BCUT2D eigenvalue weighted by molar-refractivity contribution is -0.126. The quantitative estimate of drug-likeness (QED) is 0.905. The van der Waals surface area contributed by atoms with Crippen molar-refractivity contribution in [3.05, 3.63) is 35.6 Å². The molecule has 21 heavy (non-hydrogen) atoms. The average molecular weight is 290 g/mol. The van der Waals surface area contributed by atoms with E-state index in [2.05, 4.69) is 4.90 Å². The van der Waals surface area contributed by atoms with Gasteiger partial charge >= 0.3 is 0 Å². The van der Waals surface area contributed by atoms with Crippen LogP contribution in [0.15, 0.2) is 24.3 Å². The molecule has 4 heteroatoms. The SMILES string of the molecule is NC(=O)C1(C2CCCCN2CCc2ccc(F)cc2)CC1. The number of benzene rings is 1. The van der Waals surface area contributed by atoms with Crippen LogP contribution in [0.5, 0.6) is 0 Å². The third-order valence-electron chi connectivity index (χ3n) is 5.13. The van der Waals surface area contributed by atoms with Gasteiger partial charge in [-0.15, -0.1) is 0 Å². The maximum Gasteiger partial charge on any atom is 0.225 e. The normalized spacial score (nSPS) is 24.7. The van der Waals surface area contributed by atoms with Crippen LogP contribution in [0.2, 0.25) is 0 Å². The molecule has 1 aliphatic heterocycles. The first-order valence-electron chi connectivity index (χ1n) is 7.90. The van der Waals surface area contributed by atoms with Crippen LogP contribution < -0.4 is 5.73 Å². The summed E-state index contributed by atoms with van der Waals surface area (Å²) in [4.78, 5) is 14.2. The Kier molecular flexibility index (Phi) is 3.98. The van der Waals surface area contributed by atoms with Crippen LogP contribution in [0.4, 0.5) is 4.39 Å². The van der Waals surface area contributed by atoms with Gasteiger partial charge in [0, 0.05) is 12.6 Å². The molecule has 3 nitrogen and oxygen atoms in total. The van der Waals surface area contributed by atoms with E-state index in [1.165, 1.54) is 25.0 Å². The first-order valence-corrected chi connectivity index (χ1v) is 7.90. The van der Waals surface area contributed by atoms with Gasteiger partial charge in [-0.25, -0.2) is 4.39 Å². The van der Waals surface area contributed by atoms with Gasteiger partial charge in [0.1, 0.15) is 5.82 Å². The van der Waals surface area contributed by atoms with Crippen LogP contribution in [0.3, 0.4) is 0 Å². The predicted octanol–water partition coefficient (Wildman–Crippen LogP) is 2.49. The second kappa shape index (κ2) is 5.76. The zero-order valence-electron chi connectivity index (χ0n) is 12.4. The maximum atomic E-state index is 12.9. The molecule has 2 aliphatic rings. The lowest BCUT2D eigenvalue weighted by atomic mass is 9.86. The lowest BCUT2D eigenvalue weighted by Crippen LogP contribution is -2.50. The van der Waals surface area contributed by atoms with Crippen molar-refractivity contribution >= 4 is 5.91 Å². The van der Waals surface area contributed by atoms with Crippen LogP contribution in [0.1, 0.15) is 37.7 Å². The zero-order chi connectivity index (χ0) is 14.9. The van der Waals surface area contributed by atoms with Gasteiger partial charge < -0.3 is 5.73 Å². The second-order valence-corrected chi connectivity index (χ2v) is 6.44. The number of carbonyl (C=O) groups is 1. The van der Waals surface area contributed by atoms with Gasteiger partial charge in [0.25, 0.3) is 0 Å². The summed E-state index contributed by atoms with van der Waals surface area (Å²) in [5.74, 6) is -0.318. The number of amides is 1. The molecule has 1 atom stereocenters. The molecule has 114 valence electrons. The average Bonchev–Trinajstić information content (AvgIpc) is 3.29. The first kappa shape index (κ1) is 14.5. The zero-order valence-corrected chi connectivity index (χ0v) is 12.4. The van der Waals surface area contributed by atoms with Gasteiger partial charge in [-0.1, -0.05) is 18.6 Å². The Bertz CT molecular complexity index is 510. The number of halogens is 1. The summed E-state index contributed by atoms with van der Waals surface area (Å²) in [6.07, 6.45) is 6.24. The topological polar surface area (TPSA) is 46.3 Å². The van der Waals surface area contributed by atoms with Crippen molar-refractivity contribution in [2.24, 2.45) is 11.1 Å². The minimum Gasteiger partial charge on any atom is -0.369 e. The van der Waals surface area contributed by atoms with Crippen molar-refractivity contribution in [2.45, 2.75) is 44.6 Å². The fourth-order valence-corrected chi connectivity index (χ4v) is 3.69. The third kappa shape index (κ3) is 2.95. The highest BCUT2D eigenvalue weighted by atomic mass is 19.1. The molecular weight excluding hydrogens is 267 g/mol. The van der Waals surface area contributed by atoms with E-state index in [0.29, 0.717) is 6.04 Å². The van der Waals surface area contributed by atoms with E-state index in [9.17, 15) is 9.18 Å². The molecule has 0 bridgehead atoms. The van der Waals surface area contributed by atoms with E-state index in [-0.39, 0.29) is 17.1 Å². The molecule has 0 aromatic heterocycles. The molecule has 1 unspecified atom stereocenters. The standard InChI is InChI=1S/C17H23FN2O/c18-14-6-4-13(5-7-14)8-12-20-11-2-1-3-15(20)17(9-10-17)16(19)21/h4-7,15H,1-3,8-12H2,(H2,19,21). The molecule has 1 amide bonds. The fourth-order valence-electron chi connectivity index (χ4n) is 3.69. The maximum absolute atomic E-state index is 12.9. The Labute approximate surface area is 125 Å². The Balaban J connectivity index is 1.65. The molecule has 1 heterocycles. The van der Waals surface area contributed by atoms with Crippen LogP contribution in [-0.4, -0.2) is 29.9 Å². The van der Waals surface area contributed by atoms with Crippen molar-refractivity contribution in [3.8, 4) is 0 Å². The number of hydrogen-bond donors (Lipinski definition) is 1. The van der Waals surface area contributed by atoms with Gasteiger partial charge in [0.2, 0.25) is 5.91 Å². The number of rotatable bonds is 5. The van der Waals surface area contributed by atoms with Gasteiger partial charge in [0.05, 0.1) is 5.41 Å². The molecule has 1 aromatic carbocycles. The highest BCUT2D eigenvalue weighted by molar-refractivity contribution is 5.84. The van der Waals surface area contributed by atoms with Gasteiger partial charge in [-0.05, 0) is 56.3 Å². The van der Waals surface area contributed by atoms with E-state index in [4.69, 9.17) is 5.73 Å². The molecule has 1 aromatic rings. The van der Waals surface area contributed by atoms with Gasteiger partial charge in [-0.2, -0.15) is 0 Å². The Morgan fingerprint density at radius 2 is 2.00 bits per heavy atom. The van der Waals surface area contributed by atoms with Crippen LogP contribution >= 0.6 is 0 Å². The smallest absolute Gasteiger partial charge is 0.225 e. The summed E-state index contributed by atoms with van der Waals surface area (Å²) in [6.45, 7) is 1.96. The Morgan fingerprint density at radius 1 is 1.29 bits per heavy atom. The van der Waals surface area contributed by atoms with Crippen LogP contribution in [0.25, 0.3) is 0 Å². The Hall–Kier alpha value is -1.42.